The summed E-state index contributed by atoms with van der Waals surface area (Å²) in [6.45, 7) is 2.75. The minimum atomic E-state index is 0.313. The van der Waals surface area contributed by atoms with Gasteiger partial charge >= 0.3 is 0 Å². The van der Waals surface area contributed by atoms with E-state index in [4.69, 9.17) is 4.74 Å². The van der Waals surface area contributed by atoms with Crippen molar-refractivity contribution >= 4 is 22.6 Å². The zero-order chi connectivity index (χ0) is 12.5. The van der Waals surface area contributed by atoms with Crippen LogP contribution in [0.5, 0.6) is 11.6 Å². The molecular formula is C11H10N4O2S. The van der Waals surface area contributed by atoms with E-state index in [2.05, 4.69) is 10.1 Å². The molecule has 0 bridgehead atoms. The molecule has 3 rings (SSSR count). The summed E-state index contributed by atoms with van der Waals surface area (Å²) in [6, 6.07) is 0. The third-order valence-corrected chi connectivity index (χ3v) is 3.28. The molecule has 0 unspecified atom stereocenters. The summed E-state index contributed by atoms with van der Waals surface area (Å²) in [4.78, 5) is 16.1. The van der Waals surface area contributed by atoms with E-state index in [1.165, 1.54) is 11.3 Å². The molecule has 6 nitrogen and oxygen atoms in total. The summed E-state index contributed by atoms with van der Waals surface area (Å²) >= 11 is 1.45. The number of nitrogens with zero attached hydrogens (tertiary/aromatic N) is 4. The Hall–Kier alpha value is -2.15. The first-order valence-corrected chi connectivity index (χ1v) is 6.31. The highest BCUT2D eigenvalue weighted by Gasteiger charge is 2.15. The fourth-order valence-electron chi connectivity index (χ4n) is 1.65. The van der Waals surface area contributed by atoms with Crippen molar-refractivity contribution in [2.24, 2.45) is 0 Å². The summed E-state index contributed by atoms with van der Waals surface area (Å²) in [6.07, 6.45) is 5.90. The summed E-state index contributed by atoms with van der Waals surface area (Å²) in [5.41, 5.74) is 0.412. The molecule has 0 aliphatic rings. The molecular weight excluding hydrogens is 252 g/mol. The molecule has 0 N–H and O–H groups in total. The third kappa shape index (κ3) is 1.68. The zero-order valence-electron chi connectivity index (χ0n) is 9.61. The average Bonchev–Trinajstić information content (AvgIpc) is 3.04. The Morgan fingerprint density at radius 3 is 3.17 bits per heavy atom. The Morgan fingerprint density at radius 2 is 2.44 bits per heavy atom. The van der Waals surface area contributed by atoms with Crippen LogP contribution in [0.25, 0.3) is 4.96 Å². The van der Waals surface area contributed by atoms with Gasteiger partial charge in [0.1, 0.15) is 0 Å². The second kappa shape index (κ2) is 4.26. The topological polar surface area (TPSA) is 61.4 Å². The Bertz CT molecular complexity index is 697. The fraction of sp³-hybridized carbons (Fsp3) is 0.182. The van der Waals surface area contributed by atoms with Crippen LogP contribution in [-0.4, -0.2) is 25.5 Å². The number of carbonyl (C=O) groups excluding carboxylic acids is 1. The summed E-state index contributed by atoms with van der Waals surface area (Å²) in [7, 11) is 0. The van der Waals surface area contributed by atoms with Crippen molar-refractivity contribution < 1.29 is 9.53 Å². The van der Waals surface area contributed by atoms with E-state index in [1.54, 1.807) is 27.7 Å². The normalized spacial score (nSPS) is 10.9. The maximum Gasteiger partial charge on any atom is 0.250 e. The Balaban J connectivity index is 1.98. The van der Waals surface area contributed by atoms with Gasteiger partial charge in [0.2, 0.25) is 5.88 Å². The smallest absolute Gasteiger partial charge is 0.250 e. The van der Waals surface area contributed by atoms with Crippen LogP contribution in [0.15, 0.2) is 24.0 Å². The van der Waals surface area contributed by atoms with Gasteiger partial charge in [-0.15, -0.1) is 11.3 Å². The highest BCUT2D eigenvalue weighted by molar-refractivity contribution is 7.15. The number of imidazole rings is 1. The van der Waals surface area contributed by atoms with Gasteiger partial charge in [0, 0.05) is 18.1 Å². The number of ether oxygens (including phenoxy) is 1. The summed E-state index contributed by atoms with van der Waals surface area (Å²) < 4.78 is 9.04. The molecule has 0 saturated carbocycles. The van der Waals surface area contributed by atoms with Gasteiger partial charge in [0.15, 0.2) is 22.7 Å². The number of aldehydes is 1. The summed E-state index contributed by atoms with van der Waals surface area (Å²) in [5.74, 6) is 0.887. The van der Waals surface area contributed by atoms with Crippen LogP contribution < -0.4 is 4.74 Å². The van der Waals surface area contributed by atoms with Crippen LogP contribution in [0, 0.1) is 0 Å². The first-order chi connectivity index (χ1) is 8.81. The van der Waals surface area contributed by atoms with Crippen molar-refractivity contribution in [1.82, 2.24) is 19.2 Å². The number of hydrogen-bond donors (Lipinski definition) is 0. The van der Waals surface area contributed by atoms with E-state index in [-0.39, 0.29) is 0 Å². The number of rotatable bonds is 4. The molecule has 3 heterocycles. The highest BCUT2D eigenvalue weighted by Crippen LogP contribution is 2.26. The molecule has 18 heavy (non-hydrogen) atoms. The van der Waals surface area contributed by atoms with Gasteiger partial charge in [-0.2, -0.15) is 10.1 Å². The minimum absolute atomic E-state index is 0.313. The first-order valence-electron chi connectivity index (χ1n) is 5.43. The van der Waals surface area contributed by atoms with Crippen molar-refractivity contribution in [3.05, 3.63) is 29.7 Å². The molecule has 0 spiro atoms. The number of aryl methyl sites for hydroxylation is 1. The summed E-state index contributed by atoms with van der Waals surface area (Å²) in [5, 5.41) is 5.97. The van der Waals surface area contributed by atoms with E-state index in [1.807, 2.05) is 12.3 Å². The van der Waals surface area contributed by atoms with Crippen LogP contribution in [0.2, 0.25) is 0 Å². The molecule has 92 valence electrons. The van der Waals surface area contributed by atoms with Crippen molar-refractivity contribution in [2.75, 3.05) is 0 Å². The number of carbonyl (C=O) groups is 1. The van der Waals surface area contributed by atoms with Gasteiger partial charge in [-0.1, -0.05) is 0 Å². The predicted molar refractivity (Wildman–Crippen MR) is 66.4 cm³/mol. The van der Waals surface area contributed by atoms with Crippen molar-refractivity contribution in [1.29, 1.82) is 0 Å². The second-order valence-corrected chi connectivity index (χ2v) is 4.48. The SMILES string of the molecule is CCn1cc(Oc2nc3sccn3c2C=O)cn1. The largest absolute Gasteiger partial charge is 0.434 e. The molecule has 7 heteroatoms. The standard InChI is InChI=1S/C11H10N4O2S/c1-2-14-6-8(5-12-14)17-10-9(7-16)15-3-4-18-11(15)13-10/h3-7H,2H2,1H3. The van der Waals surface area contributed by atoms with E-state index in [0.29, 0.717) is 17.3 Å². The van der Waals surface area contributed by atoms with Gasteiger partial charge in [-0.05, 0) is 6.92 Å². The second-order valence-electron chi connectivity index (χ2n) is 3.61. The molecule has 0 atom stereocenters. The number of hydrogen-bond acceptors (Lipinski definition) is 5. The van der Waals surface area contributed by atoms with Crippen molar-refractivity contribution in [3.63, 3.8) is 0 Å². The minimum Gasteiger partial charge on any atom is -0.434 e. The molecule has 0 aromatic carbocycles. The van der Waals surface area contributed by atoms with Crippen molar-refractivity contribution in [2.45, 2.75) is 13.5 Å². The average molecular weight is 262 g/mol. The van der Waals surface area contributed by atoms with Crippen molar-refractivity contribution in [3.8, 4) is 11.6 Å². The lowest BCUT2D eigenvalue weighted by Gasteiger charge is -1.98. The molecule has 0 amide bonds. The quantitative estimate of drug-likeness (QED) is 0.676. The molecule has 3 aromatic rings. The molecule has 0 aliphatic carbocycles. The monoisotopic (exact) mass is 262 g/mol. The zero-order valence-corrected chi connectivity index (χ0v) is 10.4. The maximum atomic E-state index is 11.1. The lowest BCUT2D eigenvalue weighted by molar-refractivity contribution is 0.111. The Labute approximate surface area is 106 Å². The van der Waals surface area contributed by atoms with Gasteiger partial charge in [-0.3, -0.25) is 13.9 Å². The van der Waals surface area contributed by atoms with Crippen LogP contribution in [0.3, 0.4) is 0 Å². The van der Waals surface area contributed by atoms with Crippen LogP contribution in [0.1, 0.15) is 17.4 Å². The molecule has 0 radical (unpaired) electrons. The van der Waals surface area contributed by atoms with Gasteiger partial charge < -0.3 is 4.74 Å². The van der Waals surface area contributed by atoms with Gasteiger partial charge in [-0.25, -0.2) is 0 Å². The first kappa shape index (κ1) is 11.0. The molecule has 0 saturated heterocycles. The fourth-order valence-corrected chi connectivity index (χ4v) is 2.36. The molecule has 0 aliphatic heterocycles. The highest BCUT2D eigenvalue weighted by atomic mass is 32.1. The maximum absolute atomic E-state index is 11.1. The Morgan fingerprint density at radius 1 is 1.56 bits per heavy atom. The van der Waals surface area contributed by atoms with Crippen LogP contribution >= 0.6 is 11.3 Å². The third-order valence-electron chi connectivity index (χ3n) is 2.53. The number of aromatic nitrogens is 4. The van der Waals surface area contributed by atoms with Crippen LogP contribution in [-0.2, 0) is 6.54 Å². The Kier molecular flexibility index (Phi) is 2.60. The van der Waals surface area contributed by atoms with E-state index in [0.717, 1.165) is 17.8 Å². The number of fused-ring (bicyclic) bond motifs is 1. The van der Waals surface area contributed by atoms with Crippen LogP contribution in [0.4, 0.5) is 0 Å². The predicted octanol–water partition coefficient (Wildman–Crippen LogP) is 2.22. The lowest BCUT2D eigenvalue weighted by atomic mass is 10.5. The lowest BCUT2D eigenvalue weighted by Crippen LogP contribution is -1.93. The van der Waals surface area contributed by atoms with E-state index >= 15 is 0 Å². The van der Waals surface area contributed by atoms with Gasteiger partial charge in [0.25, 0.3) is 0 Å². The van der Waals surface area contributed by atoms with E-state index < -0.39 is 0 Å². The van der Waals surface area contributed by atoms with Gasteiger partial charge in [0.05, 0.1) is 12.4 Å². The van der Waals surface area contributed by atoms with E-state index in [9.17, 15) is 4.79 Å². The number of thiazole rings is 1. The molecule has 3 aromatic heterocycles. The molecule has 0 fully saturated rings.